The molecule has 2 N–H and O–H groups in total. The van der Waals surface area contributed by atoms with E-state index in [-0.39, 0.29) is 11.7 Å². The van der Waals surface area contributed by atoms with Crippen LogP contribution in [-0.4, -0.2) is 22.4 Å². The van der Waals surface area contributed by atoms with Gasteiger partial charge in [0.25, 0.3) is 5.91 Å². The molecule has 1 aromatic heterocycles. The molecule has 0 unspecified atom stereocenters. The molecule has 1 amide bonds. The summed E-state index contributed by atoms with van der Waals surface area (Å²) in [5.41, 5.74) is 2.62. The monoisotopic (exact) mass is 384 g/mol. The molecule has 0 saturated heterocycles. The highest BCUT2D eigenvalue weighted by atomic mass is 35.5. The zero-order valence-electron chi connectivity index (χ0n) is 14.7. The van der Waals surface area contributed by atoms with Crippen molar-refractivity contribution in [2.24, 2.45) is 0 Å². The Morgan fingerprint density at radius 3 is 2.59 bits per heavy atom. The Morgan fingerprint density at radius 1 is 1.15 bits per heavy atom. The number of anilines is 2. The van der Waals surface area contributed by atoms with Gasteiger partial charge in [-0.15, -0.1) is 0 Å². The topological polar surface area (TPSA) is 66.9 Å². The lowest BCUT2D eigenvalue weighted by Gasteiger charge is -2.08. The molecule has 3 aromatic rings. The number of amides is 1. The van der Waals surface area contributed by atoms with Gasteiger partial charge in [-0.25, -0.2) is 14.4 Å². The van der Waals surface area contributed by atoms with E-state index in [9.17, 15) is 9.18 Å². The predicted molar refractivity (Wildman–Crippen MR) is 104 cm³/mol. The van der Waals surface area contributed by atoms with Crippen molar-refractivity contribution >= 4 is 29.1 Å². The van der Waals surface area contributed by atoms with Crippen LogP contribution in [0.2, 0.25) is 5.02 Å². The summed E-state index contributed by atoms with van der Waals surface area (Å²) in [7, 11) is 0. The number of carbonyl (C=O) groups is 1. The lowest BCUT2D eigenvalue weighted by Crippen LogP contribution is -2.26. The van der Waals surface area contributed by atoms with Crippen molar-refractivity contribution in [1.82, 2.24) is 15.3 Å². The minimum atomic E-state index is -0.309. The Balaban J connectivity index is 1.55. The van der Waals surface area contributed by atoms with Gasteiger partial charge in [0.15, 0.2) is 0 Å². The van der Waals surface area contributed by atoms with Gasteiger partial charge in [-0.05, 0) is 42.7 Å². The fourth-order valence-corrected chi connectivity index (χ4v) is 2.60. The van der Waals surface area contributed by atoms with Crippen LogP contribution in [0, 0.1) is 12.7 Å². The summed E-state index contributed by atoms with van der Waals surface area (Å²) < 4.78 is 13.6. The molecule has 0 bridgehead atoms. The Morgan fingerprint density at radius 2 is 1.89 bits per heavy atom. The molecule has 0 aliphatic heterocycles. The largest absolute Gasteiger partial charge is 0.352 e. The first-order chi connectivity index (χ1) is 13.0. The summed E-state index contributed by atoms with van der Waals surface area (Å²) in [6.07, 6.45) is 3.28. The first-order valence-corrected chi connectivity index (χ1v) is 8.77. The number of aromatic nitrogens is 2. The first-order valence-electron chi connectivity index (χ1n) is 8.40. The van der Waals surface area contributed by atoms with Crippen LogP contribution in [-0.2, 0) is 6.42 Å². The van der Waals surface area contributed by atoms with Crippen molar-refractivity contribution < 1.29 is 9.18 Å². The number of nitrogens with one attached hydrogen (secondary N) is 2. The van der Waals surface area contributed by atoms with Gasteiger partial charge >= 0.3 is 0 Å². The number of benzene rings is 2. The van der Waals surface area contributed by atoms with Gasteiger partial charge in [0.1, 0.15) is 5.82 Å². The van der Waals surface area contributed by atoms with Gasteiger partial charge in [0.2, 0.25) is 5.95 Å². The van der Waals surface area contributed by atoms with E-state index in [0.29, 0.717) is 35.1 Å². The number of halogens is 2. The molecule has 5 nitrogen and oxygen atoms in total. The van der Waals surface area contributed by atoms with Gasteiger partial charge in [0, 0.05) is 29.6 Å². The van der Waals surface area contributed by atoms with Crippen LogP contribution >= 0.6 is 11.6 Å². The first kappa shape index (κ1) is 18.8. The van der Waals surface area contributed by atoms with E-state index in [1.807, 2.05) is 19.1 Å². The molecule has 0 fully saturated rings. The second kappa shape index (κ2) is 8.60. The lowest BCUT2D eigenvalue weighted by atomic mass is 10.1. The van der Waals surface area contributed by atoms with Crippen LogP contribution in [0.3, 0.4) is 0 Å². The highest BCUT2D eigenvalue weighted by Gasteiger charge is 2.08. The van der Waals surface area contributed by atoms with Gasteiger partial charge in [-0.1, -0.05) is 35.9 Å². The van der Waals surface area contributed by atoms with Crippen molar-refractivity contribution in [3.63, 3.8) is 0 Å². The van der Waals surface area contributed by atoms with Gasteiger partial charge in [0.05, 0.1) is 5.56 Å². The molecule has 1 heterocycles. The maximum Gasteiger partial charge on any atom is 0.254 e. The number of hydrogen-bond donors (Lipinski definition) is 2. The normalized spacial score (nSPS) is 10.5. The second-order valence-electron chi connectivity index (χ2n) is 5.98. The van der Waals surface area contributed by atoms with Crippen molar-refractivity contribution in [3.05, 3.63) is 82.4 Å². The molecule has 7 heteroatoms. The molecule has 138 valence electrons. The van der Waals surface area contributed by atoms with Gasteiger partial charge < -0.3 is 10.6 Å². The van der Waals surface area contributed by atoms with Crippen molar-refractivity contribution in [1.29, 1.82) is 0 Å². The summed E-state index contributed by atoms with van der Waals surface area (Å²) in [6, 6.07) is 12.0. The molecule has 0 aliphatic carbocycles. The lowest BCUT2D eigenvalue weighted by molar-refractivity contribution is 0.0953. The molecular weight excluding hydrogens is 367 g/mol. The molecule has 0 aliphatic rings. The highest BCUT2D eigenvalue weighted by Crippen LogP contribution is 2.21. The number of rotatable bonds is 6. The van der Waals surface area contributed by atoms with Crippen LogP contribution in [0.4, 0.5) is 16.0 Å². The van der Waals surface area contributed by atoms with Crippen molar-refractivity contribution in [3.8, 4) is 0 Å². The quantitative estimate of drug-likeness (QED) is 0.665. The van der Waals surface area contributed by atoms with E-state index in [0.717, 1.165) is 11.3 Å². The summed E-state index contributed by atoms with van der Waals surface area (Å²) in [5, 5.41) is 6.41. The highest BCUT2D eigenvalue weighted by molar-refractivity contribution is 6.31. The fraction of sp³-hybridized carbons (Fsp3) is 0.150. The number of carbonyl (C=O) groups excluding carboxylic acids is 1. The molecule has 0 spiro atoms. The van der Waals surface area contributed by atoms with E-state index in [2.05, 4.69) is 20.6 Å². The number of nitrogens with zero attached hydrogens (tertiary/aromatic N) is 2. The van der Waals surface area contributed by atoms with E-state index in [1.54, 1.807) is 24.3 Å². The van der Waals surface area contributed by atoms with Crippen molar-refractivity contribution in [2.45, 2.75) is 13.3 Å². The maximum atomic E-state index is 13.6. The van der Waals surface area contributed by atoms with Crippen LogP contribution in [0.15, 0.2) is 54.9 Å². The summed E-state index contributed by atoms with van der Waals surface area (Å²) in [5.74, 6) is -0.226. The molecule has 27 heavy (non-hydrogen) atoms. The molecule has 0 saturated carbocycles. The van der Waals surface area contributed by atoms with E-state index in [4.69, 9.17) is 11.6 Å². The van der Waals surface area contributed by atoms with E-state index >= 15 is 0 Å². The van der Waals surface area contributed by atoms with Crippen LogP contribution in [0.5, 0.6) is 0 Å². The standard InChI is InChI=1S/C20H18ClFN4O/c1-13-6-7-16(10-17(13)21)26-20-24-11-15(12-25-20)19(27)23-9-8-14-4-2-3-5-18(14)22/h2-7,10-12H,8-9H2,1H3,(H,23,27)(H,24,25,26). The van der Waals surface area contributed by atoms with E-state index < -0.39 is 0 Å². The molecule has 2 aromatic carbocycles. The van der Waals surface area contributed by atoms with Gasteiger partial charge in [-0.3, -0.25) is 4.79 Å². The van der Waals surface area contributed by atoms with E-state index in [1.165, 1.54) is 18.5 Å². The van der Waals surface area contributed by atoms with Crippen LogP contribution in [0.1, 0.15) is 21.5 Å². The summed E-state index contributed by atoms with van der Waals surface area (Å²) in [6.45, 7) is 2.24. The zero-order valence-corrected chi connectivity index (χ0v) is 15.4. The summed E-state index contributed by atoms with van der Waals surface area (Å²) in [4.78, 5) is 20.4. The molecule has 0 atom stereocenters. The molecular formula is C20H18ClFN4O. The smallest absolute Gasteiger partial charge is 0.254 e. The van der Waals surface area contributed by atoms with Gasteiger partial charge in [-0.2, -0.15) is 0 Å². The average molecular weight is 385 g/mol. The molecule has 0 radical (unpaired) electrons. The Bertz CT molecular complexity index is 947. The summed E-state index contributed by atoms with van der Waals surface area (Å²) >= 11 is 6.09. The predicted octanol–water partition coefficient (Wildman–Crippen LogP) is 4.29. The number of aryl methyl sites for hydroxylation is 1. The zero-order chi connectivity index (χ0) is 19.2. The maximum absolute atomic E-state index is 13.6. The Labute approximate surface area is 161 Å². The molecule has 3 rings (SSSR count). The fourth-order valence-electron chi connectivity index (χ4n) is 2.42. The van der Waals surface area contributed by atoms with Crippen LogP contribution in [0.25, 0.3) is 0 Å². The second-order valence-corrected chi connectivity index (χ2v) is 6.39. The third kappa shape index (κ3) is 5.01. The average Bonchev–Trinajstić information content (AvgIpc) is 2.67. The Kier molecular flexibility index (Phi) is 5.98. The van der Waals surface area contributed by atoms with Crippen molar-refractivity contribution in [2.75, 3.05) is 11.9 Å². The minimum Gasteiger partial charge on any atom is -0.352 e. The van der Waals surface area contributed by atoms with Crippen LogP contribution < -0.4 is 10.6 Å². The minimum absolute atomic E-state index is 0.276. The Hall–Kier alpha value is -2.99. The third-order valence-electron chi connectivity index (χ3n) is 3.98. The SMILES string of the molecule is Cc1ccc(Nc2ncc(C(=O)NCCc3ccccc3F)cn2)cc1Cl. The third-order valence-corrected chi connectivity index (χ3v) is 4.39. The number of hydrogen-bond acceptors (Lipinski definition) is 4.